The molecule has 40 heavy (non-hydrogen) atoms. The third-order valence-corrected chi connectivity index (χ3v) is 6.53. The number of amides is 2. The molecule has 0 bridgehead atoms. The molecule has 11 nitrogen and oxygen atoms in total. The second-order valence-electron chi connectivity index (χ2n) is 8.97. The van der Waals surface area contributed by atoms with Crippen LogP contribution in [0.4, 0.5) is 22.0 Å². The number of nitrogens with one attached hydrogen (secondary N) is 2. The number of hydrogen-bond acceptors (Lipinski definition) is 7. The van der Waals surface area contributed by atoms with Crippen LogP contribution in [0.5, 0.6) is 5.75 Å². The Balaban J connectivity index is 1.72. The van der Waals surface area contributed by atoms with Crippen LogP contribution in [-0.2, 0) is 34.1 Å². The lowest BCUT2D eigenvalue weighted by Crippen LogP contribution is -2.42. The van der Waals surface area contributed by atoms with Gasteiger partial charge < -0.3 is 20.1 Å². The van der Waals surface area contributed by atoms with Crippen molar-refractivity contribution in [2.24, 2.45) is 5.14 Å². The first-order valence-corrected chi connectivity index (χ1v) is 13.8. The van der Waals surface area contributed by atoms with Crippen LogP contribution in [0, 0.1) is 0 Å². The van der Waals surface area contributed by atoms with Crippen molar-refractivity contribution in [2.45, 2.75) is 51.1 Å². The number of fused-ring (bicyclic) bond motifs is 1. The lowest BCUT2D eigenvalue weighted by atomic mass is 9.95. The second-order valence-corrected chi connectivity index (χ2v) is 10.7. The standard InChI is InChI=1S/C23H28F5N5O6S/c24-22(25)38-9-2-8-33-19(21(35)30-7-10-40(29,36)37)18-17(32-33)12-15(31-20(18)34)6-5-14-3-1-4-16(11-14)39-13-23(26,27)28/h1,3-4,11,15,22H,2,5-10,12-13H2,(H,30,35)(H,31,34)(H2,29,36,37)/t15-/m0/s1. The van der Waals surface area contributed by atoms with Gasteiger partial charge in [-0.15, -0.1) is 0 Å². The first-order valence-electron chi connectivity index (χ1n) is 12.1. The number of ether oxygens (including phenoxy) is 2. The van der Waals surface area contributed by atoms with E-state index in [1.54, 1.807) is 12.1 Å². The molecule has 0 saturated carbocycles. The minimum atomic E-state index is -4.47. The minimum absolute atomic E-state index is 0.0262. The fourth-order valence-corrected chi connectivity index (χ4v) is 4.46. The van der Waals surface area contributed by atoms with Crippen LogP contribution in [0.3, 0.4) is 0 Å². The van der Waals surface area contributed by atoms with Crippen molar-refractivity contribution in [1.29, 1.82) is 0 Å². The van der Waals surface area contributed by atoms with Gasteiger partial charge in [-0.2, -0.15) is 27.1 Å². The van der Waals surface area contributed by atoms with Crippen LogP contribution in [0.15, 0.2) is 24.3 Å². The number of carbonyl (C=O) groups excluding carboxylic acids is 2. The first-order chi connectivity index (χ1) is 18.7. The number of halogens is 5. The molecule has 2 amide bonds. The van der Waals surface area contributed by atoms with E-state index in [9.17, 15) is 40.0 Å². The number of nitrogens with zero attached hydrogens (tertiary/aromatic N) is 2. The molecule has 0 saturated heterocycles. The first kappa shape index (κ1) is 31.2. The predicted octanol–water partition coefficient (Wildman–Crippen LogP) is 1.76. The van der Waals surface area contributed by atoms with Crippen molar-refractivity contribution in [1.82, 2.24) is 20.4 Å². The minimum Gasteiger partial charge on any atom is -0.484 e. The van der Waals surface area contributed by atoms with Gasteiger partial charge in [0.25, 0.3) is 11.8 Å². The lowest BCUT2D eigenvalue weighted by Gasteiger charge is -2.23. The summed E-state index contributed by atoms with van der Waals surface area (Å²) in [6.07, 6.45) is -3.45. The van der Waals surface area contributed by atoms with Crippen LogP contribution in [0.2, 0.25) is 0 Å². The number of hydrogen-bond donors (Lipinski definition) is 3. The Morgan fingerprint density at radius 1 is 1.30 bits per heavy atom. The Hall–Kier alpha value is -3.31. The monoisotopic (exact) mass is 597 g/mol. The van der Waals surface area contributed by atoms with Crippen molar-refractivity contribution in [3.05, 3.63) is 46.8 Å². The Morgan fingerprint density at radius 2 is 2.05 bits per heavy atom. The van der Waals surface area contributed by atoms with Crippen molar-refractivity contribution < 1.29 is 49.4 Å². The number of benzene rings is 1. The van der Waals surface area contributed by atoms with Gasteiger partial charge in [0, 0.05) is 25.6 Å². The maximum absolute atomic E-state index is 13.0. The molecule has 0 fully saturated rings. The number of aromatic nitrogens is 2. The summed E-state index contributed by atoms with van der Waals surface area (Å²) in [6, 6.07) is 5.71. The molecule has 222 valence electrons. The SMILES string of the molecule is NS(=O)(=O)CCNC(=O)c1c2c(nn1CCCOC(F)F)C[C@H](CCc1cccc(OCC(F)(F)F)c1)NC2=O. The highest BCUT2D eigenvalue weighted by atomic mass is 32.2. The van der Waals surface area contributed by atoms with Gasteiger partial charge in [-0.1, -0.05) is 12.1 Å². The van der Waals surface area contributed by atoms with Crippen molar-refractivity contribution in [3.8, 4) is 5.75 Å². The summed E-state index contributed by atoms with van der Waals surface area (Å²) in [4.78, 5) is 25.9. The van der Waals surface area contributed by atoms with Crippen LogP contribution in [-0.4, -0.2) is 74.4 Å². The van der Waals surface area contributed by atoms with E-state index in [1.165, 1.54) is 16.8 Å². The van der Waals surface area contributed by atoms with E-state index in [-0.39, 0.29) is 55.2 Å². The molecule has 4 N–H and O–H groups in total. The fraction of sp³-hybridized carbons (Fsp3) is 0.522. The lowest BCUT2D eigenvalue weighted by molar-refractivity contribution is -0.153. The van der Waals surface area contributed by atoms with E-state index >= 15 is 0 Å². The number of carbonyl (C=O) groups is 2. The Bertz CT molecular complexity index is 1300. The number of rotatable bonds is 14. The number of sulfonamides is 1. The van der Waals surface area contributed by atoms with Gasteiger partial charge in [-0.25, -0.2) is 13.6 Å². The molecule has 1 aromatic heterocycles. The number of aryl methyl sites for hydroxylation is 2. The highest BCUT2D eigenvalue weighted by Gasteiger charge is 2.34. The molecule has 2 aromatic rings. The molecule has 0 aliphatic carbocycles. The topological polar surface area (TPSA) is 155 Å². The molecular weight excluding hydrogens is 569 g/mol. The van der Waals surface area contributed by atoms with Gasteiger partial charge in [-0.05, 0) is 37.0 Å². The van der Waals surface area contributed by atoms with Crippen molar-refractivity contribution >= 4 is 21.8 Å². The Labute approximate surface area is 226 Å². The Kier molecular flexibility index (Phi) is 10.4. The molecule has 17 heteroatoms. The summed E-state index contributed by atoms with van der Waals surface area (Å²) in [5.41, 5.74) is 0.773. The molecule has 2 heterocycles. The molecule has 1 aliphatic rings. The van der Waals surface area contributed by atoms with Gasteiger partial charge in [0.15, 0.2) is 6.61 Å². The Morgan fingerprint density at radius 3 is 2.73 bits per heavy atom. The van der Waals surface area contributed by atoms with Gasteiger partial charge in [0.2, 0.25) is 10.0 Å². The summed E-state index contributed by atoms with van der Waals surface area (Å²) < 4.78 is 94.5. The third kappa shape index (κ3) is 9.71. The van der Waals surface area contributed by atoms with Gasteiger partial charge in [0.1, 0.15) is 11.4 Å². The molecule has 0 spiro atoms. The molecule has 1 aliphatic heterocycles. The van der Waals surface area contributed by atoms with Gasteiger partial charge in [0.05, 0.1) is 23.6 Å². The van der Waals surface area contributed by atoms with Crippen LogP contribution < -0.4 is 20.5 Å². The van der Waals surface area contributed by atoms with E-state index in [0.29, 0.717) is 18.4 Å². The zero-order chi connectivity index (χ0) is 29.5. The quantitative estimate of drug-likeness (QED) is 0.222. The molecule has 3 rings (SSSR count). The summed E-state index contributed by atoms with van der Waals surface area (Å²) in [6.45, 7) is -5.11. The van der Waals surface area contributed by atoms with Crippen LogP contribution >= 0.6 is 0 Å². The summed E-state index contributed by atoms with van der Waals surface area (Å²) in [5.74, 6) is -1.90. The van der Waals surface area contributed by atoms with E-state index in [2.05, 4.69) is 20.5 Å². The zero-order valence-electron chi connectivity index (χ0n) is 21.0. The summed E-state index contributed by atoms with van der Waals surface area (Å²) in [5, 5.41) is 14.4. The van der Waals surface area contributed by atoms with Crippen molar-refractivity contribution in [2.75, 3.05) is 25.5 Å². The largest absolute Gasteiger partial charge is 0.484 e. The number of nitrogens with two attached hydrogens (primary N) is 1. The summed E-state index contributed by atoms with van der Waals surface area (Å²) >= 11 is 0. The predicted molar refractivity (Wildman–Crippen MR) is 130 cm³/mol. The van der Waals surface area contributed by atoms with E-state index in [1.807, 2.05) is 0 Å². The molecular formula is C23H28F5N5O6S. The second kappa shape index (κ2) is 13.4. The zero-order valence-corrected chi connectivity index (χ0v) is 21.9. The van der Waals surface area contributed by atoms with E-state index in [4.69, 9.17) is 9.88 Å². The molecule has 0 radical (unpaired) electrons. The van der Waals surface area contributed by atoms with Crippen molar-refractivity contribution in [3.63, 3.8) is 0 Å². The van der Waals surface area contributed by atoms with Gasteiger partial charge in [-0.3, -0.25) is 14.3 Å². The molecule has 0 unspecified atom stereocenters. The molecule has 1 atom stereocenters. The third-order valence-electron chi connectivity index (χ3n) is 5.75. The van der Waals surface area contributed by atoms with E-state index < -0.39 is 53.0 Å². The van der Waals surface area contributed by atoms with Gasteiger partial charge >= 0.3 is 12.8 Å². The summed E-state index contributed by atoms with van der Waals surface area (Å²) in [7, 11) is -3.86. The molecule has 1 aromatic carbocycles. The van der Waals surface area contributed by atoms with Crippen LogP contribution in [0.25, 0.3) is 0 Å². The normalized spacial score (nSPS) is 15.6. The average molecular weight is 598 g/mol. The van der Waals surface area contributed by atoms with E-state index in [0.717, 1.165) is 0 Å². The highest BCUT2D eigenvalue weighted by Crippen LogP contribution is 2.24. The maximum atomic E-state index is 13.0. The highest BCUT2D eigenvalue weighted by molar-refractivity contribution is 7.89. The maximum Gasteiger partial charge on any atom is 0.422 e. The fourth-order valence-electron chi connectivity index (χ4n) is 4.08. The number of primary sulfonamides is 1. The van der Waals surface area contributed by atoms with Crippen LogP contribution in [0.1, 0.15) is 44.9 Å². The smallest absolute Gasteiger partial charge is 0.422 e. The number of alkyl halides is 5. The average Bonchev–Trinajstić information content (AvgIpc) is 3.22.